The van der Waals surface area contributed by atoms with Gasteiger partial charge in [-0.25, -0.2) is 8.42 Å². The van der Waals surface area contributed by atoms with Crippen molar-refractivity contribution in [3.63, 3.8) is 0 Å². The molecule has 0 unspecified atom stereocenters. The molecule has 1 amide bonds. The van der Waals surface area contributed by atoms with Crippen molar-refractivity contribution in [2.45, 2.75) is 37.0 Å². The lowest BCUT2D eigenvalue weighted by Gasteiger charge is -2.35. The van der Waals surface area contributed by atoms with Gasteiger partial charge in [0.25, 0.3) is 15.9 Å². The highest BCUT2D eigenvalue weighted by molar-refractivity contribution is 7.92. The molecular weight excluding hydrogens is 416 g/mol. The molecule has 1 aliphatic carbocycles. The van der Waals surface area contributed by atoms with Crippen molar-refractivity contribution in [2.24, 2.45) is 11.1 Å². The molecule has 0 bridgehead atoms. The molecule has 1 saturated carbocycles. The van der Waals surface area contributed by atoms with Crippen LogP contribution in [0, 0.1) is 5.41 Å². The van der Waals surface area contributed by atoms with E-state index in [4.69, 9.17) is 11.5 Å². The number of aliphatic hydroxyl groups excluding tert-OH is 1. The molecule has 4 rings (SSSR count). The van der Waals surface area contributed by atoms with Crippen LogP contribution in [-0.4, -0.2) is 39.1 Å². The summed E-state index contributed by atoms with van der Waals surface area (Å²) in [5, 5.41) is 9.29. The predicted molar refractivity (Wildman–Crippen MR) is 121 cm³/mol. The third kappa shape index (κ3) is 4.47. The molecule has 1 heterocycles. The maximum absolute atomic E-state index is 13.1. The number of nitrogens with one attached hydrogen (secondary N) is 1. The third-order valence-electron chi connectivity index (χ3n) is 6.39. The quantitative estimate of drug-likeness (QED) is 0.482. The minimum Gasteiger partial charge on any atom is -0.399 e. The van der Waals surface area contributed by atoms with Gasteiger partial charge in [0.1, 0.15) is 0 Å². The monoisotopic (exact) mass is 444 g/mol. The highest BCUT2D eigenvalue weighted by Crippen LogP contribution is 2.54. The Morgan fingerprint density at radius 1 is 1.10 bits per heavy atom. The first-order chi connectivity index (χ1) is 14.7. The summed E-state index contributed by atoms with van der Waals surface area (Å²) in [5.74, 6) is -0.542. The first-order valence-electron chi connectivity index (χ1n) is 10.4. The predicted octanol–water partition coefficient (Wildman–Crippen LogP) is 2.08. The van der Waals surface area contributed by atoms with Gasteiger partial charge in [-0.05, 0) is 79.5 Å². The summed E-state index contributed by atoms with van der Waals surface area (Å²) in [4.78, 5) is 14.2. The van der Waals surface area contributed by atoms with Crippen LogP contribution in [0.1, 0.15) is 41.6 Å². The summed E-state index contributed by atoms with van der Waals surface area (Å²) in [6.45, 7) is 1.43. The van der Waals surface area contributed by atoms with Gasteiger partial charge in [-0.3, -0.25) is 9.52 Å². The molecule has 6 N–H and O–H groups in total. The average molecular weight is 445 g/mol. The number of aliphatic hydroxyl groups is 1. The second-order valence-electron chi connectivity index (χ2n) is 8.53. The van der Waals surface area contributed by atoms with Crippen molar-refractivity contribution in [3.05, 3.63) is 47.5 Å². The first-order valence-corrected chi connectivity index (χ1v) is 11.9. The summed E-state index contributed by atoms with van der Waals surface area (Å²) < 4.78 is 28.7. The number of carbonyl (C=O) groups excluding carboxylic acids is 1. The molecule has 2 aromatic rings. The van der Waals surface area contributed by atoms with E-state index in [1.807, 2.05) is 0 Å². The summed E-state index contributed by atoms with van der Waals surface area (Å²) in [5.41, 5.74) is 14.1. The Morgan fingerprint density at radius 3 is 2.42 bits per heavy atom. The molecule has 166 valence electrons. The van der Waals surface area contributed by atoms with E-state index in [0.29, 0.717) is 33.6 Å². The van der Waals surface area contributed by atoms with Gasteiger partial charge in [-0.2, -0.15) is 0 Å². The number of hydrogen-bond acceptors (Lipinski definition) is 6. The Labute approximate surface area is 182 Å². The number of primary amides is 1. The van der Waals surface area contributed by atoms with E-state index in [9.17, 15) is 18.3 Å². The number of benzene rings is 2. The van der Waals surface area contributed by atoms with E-state index in [2.05, 4.69) is 9.62 Å². The summed E-state index contributed by atoms with van der Waals surface area (Å²) in [6, 6.07) is 9.27. The molecule has 2 aromatic carbocycles. The Kier molecular flexibility index (Phi) is 5.57. The van der Waals surface area contributed by atoms with Gasteiger partial charge in [0.05, 0.1) is 21.8 Å². The second-order valence-corrected chi connectivity index (χ2v) is 10.2. The fourth-order valence-electron chi connectivity index (χ4n) is 4.35. The van der Waals surface area contributed by atoms with E-state index in [0.717, 1.165) is 25.9 Å². The van der Waals surface area contributed by atoms with Crippen LogP contribution in [0.2, 0.25) is 0 Å². The van der Waals surface area contributed by atoms with Crippen molar-refractivity contribution in [3.8, 4) is 0 Å². The maximum Gasteiger partial charge on any atom is 0.262 e. The Bertz CT molecular complexity index is 1100. The number of nitrogen functional groups attached to an aromatic ring is 1. The largest absolute Gasteiger partial charge is 0.399 e. The van der Waals surface area contributed by atoms with Gasteiger partial charge < -0.3 is 21.5 Å². The van der Waals surface area contributed by atoms with Crippen LogP contribution in [-0.2, 0) is 16.4 Å². The van der Waals surface area contributed by atoms with E-state index < -0.39 is 15.9 Å². The van der Waals surface area contributed by atoms with Crippen molar-refractivity contribution in [1.29, 1.82) is 0 Å². The van der Waals surface area contributed by atoms with Crippen LogP contribution in [0.25, 0.3) is 0 Å². The van der Waals surface area contributed by atoms with E-state index in [1.165, 1.54) is 31.0 Å². The lowest BCUT2D eigenvalue weighted by Crippen LogP contribution is -2.35. The molecule has 0 radical (unpaired) electrons. The topological polar surface area (TPSA) is 139 Å². The highest BCUT2D eigenvalue weighted by Gasteiger charge is 2.44. The number of carbonyl (C=O) groups is 1. The van der Waals surface area contributed by atoms with Crippen LogP contribution in [0.15, 0.2) is 41.3 Å². The fraction of sp³-hybridized carbons (Fsp3) is 0.409. The molecule has 2 aliphatic rings. The zero-order valence-corrected chi connectivity index (χ0v) is 18.1. The third-order valence-corrected chi connectivity index (χ3v) is 7.87. The number of nitrogens with two attached hydrogens (primary N) is 2. The summed E-state index contributed by atoms with van der Waals surface area (Å²) in [7, 11) is -3.92. The van der Waals surface area contributed by atoms with Crippen LogP contribution in [0.5, 0.6) is 0 Å². The van der Waals surface area contributed by atoms with Crippen molar-refractivity contribution in [1.82, 2.24) is 0 Å². The molecule has 1 aliphatic heterocycles. The molecular formula is C22H28N4O4S. The SMILES string of the molecule is NC(=O)c1ccc(NS(=O)(=O)c2ccc(N)cc2CCO)cc1N1CCC2(CC1)CC2. The number of rotatable bonds is 7. The molecule has 8 nitrogen and oxygen atoms in total. The van der Waals surface area contributed by atoms with Crippen molar-refractivity contribution in [2.75, 3.05) is 35.1 Å². The van der Waals surface area contributed by atoms with Crippen LogP contribution in [0.4, 0.5) is 17.1 Å². The van der Waals surface area contributed by atoms with Crippen LogP contribution < -0.4 is 21.1 Å². The van der Waals surface area contributed by atoms with Gasteiger partial charge in [0.15, 0.2) is 0 Å². The fourth-order valence-corrected chi connectivity index (χ4v) is 5.65. The number of piperidine rings is 1. The number of nitrogens with zero attached hydrogens (tertiary/aromatic N) is 1. The standard InChI is InChI=1S/C22H28N4O4S/c23-16-1-4-20(15(13-16)5-12-27)31(29,30)25-17-2-3-18(21(24)28)19(14-17)26-10-8-22(6-7-22)9-11-26/h1-4,13-14,25,27H,5-12,23H2,(H2,24,28). The smallest absolute Gasteiger partial charge is 0.262 e. The van der Waals surface area contributed by atoms with Crippen molar-refractivity contribution >= 4 is 33.0 Å². The van der Waals surface area contributed by atoms with E-state index in [1.54, 1.807) is 18.2 Å². The zero-order valence-electron chi connectivity index (χ0n) is 17.3. The van der Waals surface area contributed by atoms with Crippen LogP contribution in [0.3, 0.4) is 0 Å². The van der Waals surface area contributed by atoms with Crippen molar-refractivity contribution < 1.29 is 18.3 Å². The average Bonchev–Trinajstić information content (AvgIpc) is 3.47. The Balaban J connectivity index is 1.63. The molecule has 1 spiro atoms. The van der Waals surface area contributed by atoms with Crippen LogP contribution >= 0.6 is 0 Å². The number of anilines is 3. The van der Waals surface area contributed by atoms with Gasteiger partial charge in [-0.15, -0.1) is 0 Å². The summed E-state index contributed by atoms with van der Waals surface area (Å²) in [6.07, 6.45) is 4.83. The minimum atomic E-state index is -3.92. The molecule has 1 saturated heterocycles. The Hall–Kier alpha value is -2.78. The molecule has 0 atom stereocenters. The molecule has 2 fully saturated rings. The van der Waals surface area contributed by atoms with Gasteiger partial charge in [-0.1, -0.05) is 0 Å². The maximum atomic E-state index is 13.1. The number of sulfonamides is 1. The normalized spacial score (nSPS) is 17.5. The summed E-state index contributed by atoms with van der Waals surface area (Å²) >= 11 is 0. The number of hydrogen-bond donors (Lipinski definition) is 4. The van der Waals surface area contributed by atoms with Gasteiger partial charge in [0, 0.05) is 25.4 Å². The first kappa shape index (κ1) is 21.5. The molecule has 31 heavy (non-hydrogen) atoms. The number of amides is 1. The second kappa shape index (κ2) is 8.05. The minimum absolute atomic E-state index is 0.0601. The lowest BCUT2D eigenvalue weighted by molar-refractivity contribution is 0.100. The zero-order chi connectivity index (χ0) is 22.2. The van der Waals surface area contributed by atoms with Gasteiger partial charge >= 0.3 is 0 Å². The Morgan fingerprint density at radius 2 is 1.81 bits per heavy atom. The lowest BCUT2D eigenvalue weighted by atomic mass is 9.93. The molecule has 0 aromatic heterocycles. The molecule has 9 heteroatoms. The van der Waals surface area contributed by atoms with E-state index in [-0.39, 0.29) is 17.9 Å². The highest BCUT2D eigenvalue weighted by atomic mass is 32.2. The van der Waals surface area contributed by atoms with E-state index >= 15 is 0 Å². The van der Waals surface area contributed by atoms with Gasteiger partial charge in [0.2, 0.25) is 0 Å².